The molecule has 0 aliphatic carbocycles. The third-order valence-corrected chi connectivity index (χ3v) is 6.16. The number of hydrogen-bond donors (Lipinski definition) is 2. The predicted molar refractivity (Wildman–Crippen MR) is 85.9 cm³/mol. The summed E-state index contributed by atoms with van der Waals surface area (Å²) in [5.41, 5.74) is 7.23. The first-order valence-electron chi connectivity index (χ1n) is 6.38. The van der Waals surface area contributed by atoms with Gasteiger partial charge in [0, 0.05) is 35.7 Å². The van der Waals surface area contributed by atoms with Crippen molar-refractivity contribution < 1.29 is 18.3 Å². The smallest absolute Gasteiger partial charge is 0.337 e. The van der Waals surface area contributed by atoms with Gasteiger partial charge < -0.3 is 15.7 Å². The number of anilines is 2. The van der Waals surface area contributed by atoms with Gasteiger partial charge in [-0.2, -0.15) is 11.8 Å². The molecule has 1 heterocycles. The SMILES string of the molecule is Cc1cc(N2CCSCC2S(C)(=O)=O)cc(C(=O)O)c1N. The highest BCUT2D eigenvalue weighted by Crippen LogP contribution is 2.31. The molecule has 0 radical (unpaired) electrons. The third-order valence-electron chi connectivity index (χ3n) is 3.51. The standard InChI is InChI=1S/C13H18N2O4S2/c1-8-5-9(6-10(12(8)14)13(16)17)15-3-4-20-7-11(15)21(2,18)19/h5-6,11H,3-4,7,14H2,1-2H3,(H,16,17). The molecule has 1 saturated heterocycles. The Morgan fingerprint density at radius 3 is 2.71 bits per heavy atom. The van der Waals surface area contributed by atoms with E-state index in [1.54, 1.807) is 29.7 Å². The zero-order valence-electron chi connectivity index (χ0n) is 11.9. The molecule has 6 nitrogen and oxygen atoms in total. The van der Waals surface area contributed by atoms with Crippen molar-refractivity contribution in [2.75, 3.05) is 34.9 Å². The van der Waals surface area contributed by atoms with Crippen LogP contribution in [0.15, 0.2) is 12.1 Å². The number of aromatic carboxylic acids is 1. The van der Waals surface area contributed by atoms with Crippen LogP contribution in [0, 0.1) is 6.92 Å². The minimum atomic E-state index is -3.25. The lowest BCUT2D eigenvalue weighted by Crippen LogP contribution is -2.47. The highest BCUT2D eigenvalue weighted by molar-refractivity contribution is 8.01. The van der Waals surface area contributed by atoms with Gasteiger partial charge >= 0.3 is 5.97 Å². The van der Waals surface area contributed by atoms with Crippen molar-refractivity contribution in [3.8, 4) is 0 Å². The minimum absolute atomic E-state index is 0.00970. The predicted octanol–water partition coefficient (Wildman–Crippen LogP) is 1.20. The van der Waals surface area contributed by atoms with Gasteiger partial charge in [-0.25, -0.2) is 13.2 Å². The summed E-state index contributed by atoms with van der Waals surface area (Å²) in [6.45, 7) is 2.28. The van der Waals surface area contributed by atoms with E-state index in [0.29, 0.717) is 23.5 Å². The summed E-state index contributed by atoms with van der Waals surface area (Å²) in [6, 6.07) is 3.20. The van der Waals surface area contributed by atoms with Crippen molar-refractivity contribution in [2.24, 2.45) is 0 Å². The molecule has 2 rings (SSSR count). The van der Waals surface area contributed by atoms with Crippen molar-refractivity contribution in [2.45, 2.75) is 12.3 Å². The highest BCUT2D eigenvalue weighted by Gasteiger charge is 2.31. The Morgan fingerprint density at radius 1 is 1.48 bits per heavy atom. The summed E-state index contributed by atoms with van der Waals surface area (Å²) in [7, 11) is -3.25. The number of carboxylic acid groups (broad SMARTS) is 1. The molecule has 0 amide bonds. The fourth-order valence-electron chi connectivity index (χ4n) is 2.35. The molecule has 21 heavy (non-hydrogen) atoms. The molecule has 116 valence electrons. The van der Waals surface area contributed by atoms with E-state index >= 15 is 0 Å². The largest absolute Gasteiger partial charge is 0.478 e. The van der Waals surface area contributed by atoms with E-state index in [0.717, 1.165) is 5.75 Å². The second-order valence-corrected chi connectivity index (χ2v) is 8.43. The van der Waals surface area contributed by atoms with E-state index < -0.39 is 21.2 Å². The van der Waals surface area contributed by atoms with Crippen molar-refractivity contribution in [3.05, 3.63) is 23.3 Å². The third kappa shape index (κ3) is 3.26. The molecular formula is C13H18N2O4S2. The molecule has 0 bridgehead atoms. The number of benzene rings is 1. The van der Waals surface area contributed by atoms with Crippen molar-refractivity contribution in [3.63, 3.8) is 0 Å². The number of aryl methyl sites for hydroxylation is 1. The number of nitrogens with zero attached hydrogens (tertiary/aromatic N) is 1. The maximum atomic E-state index is 11.9. The first kappa shape index (κ1) is 16.0. The van der Waals surface area contributed by atoms with E-state index in [1.807, 2.05) is 0 Å². The first-order valence-corrected chi connectivity index (χ1v) is 9.49. The first-order chi connectivity index (χ1) is 9.71. The summed E-state index contributed by atoms with van der Waals surface area (Å²) in [4.78, 5) is 13.0. The van der Waals surface area contributed by atoms with Crippen LogP contribution in [0.25, 0.3) is 0 Å². The van der Waals surface area contributed by atoms with Crippen LogP contribution in [0.5, 0.6) is 0 Å². The van der Waals surface area contributed by atoms with Gasteiger partial charge in [-0.05, 0) is 24.6 Å². The number of nitrogen functional groups attached to an aromatic ring is 1. The summed E-state index contributed by atoms with van der Waals surface area (Å²) >= 11 is 1.58. The molecular weight excluding hydrogens is 312 g/mol. The van der Waals surface area contributed by atoms with E-state index in [9.17, 15) is 18.3 Å². The maximum absolute atomic E-state index is 11.9. The van der Waals surface area contributed by atoms with E-state index in [4.69, 9.17) is 5.73 Å². The maximum Gasteiger partial charge on any atom is 0.337 e. The van der Waals surface area contributed by atoms with Gasteiger partial charge in [0.25, 0.3) is 0 Å². The average Bonchev–Trinajstić information content (AvgIpc) is 2.40. The van der Waals surface area contributed by atoms with Gasteiger partial charge in [-0.1, -0.05) is 0 Å². The van der Waals surface area contributed by atoms with Crippen LogP contribution in [0.4, 0.5) is 11.4 Å². The fourth-order valence-corrected chi connectivity index (χ4v) is 5.19. The van der Waals surface area contributed by atoms with Crippen molar-refractivity contribution >= 4 is 38.9 Å². The van der Waals surface area contributed by atoms with Gasteiger partial charge in [0.1, 0.15) is 5.37 Å². The number of rotatable bonds is 3. The lowest BCUT2D eigenvalue weighted by Gasteiger charge is -2.36. The van der Waals surface area contributed by atoms with E-state index in [2.05, 4.69) is 0 Å². The van der Waals surface area contributed by atoms with Gasteiger partial charge in [-0.15, -0.1) is 0 Å². The second-order valence-electron chi connectivity index (χ2n) is 5.08. The number of thioether (sulfide) groups is 1. The molecule has 0 saturated carbocycles. The Labute approximate surface area is 128 Å². The monoisotopic (exact) mass is 330 g/mol. The quantitative estimate of drug-likeness (QED) is 0.803. The Hall–Kier alpha value is -1.41. The molecule has 1 atom stereocenters. The topological polar surface area (TPSA) is 101 Å². The van der Waals surface area contributed by atoms with Crippen LogP contribution < -0.4 is 10.6 Å². The van der Waals surface area contributed by atoms with Crippen LogP contribution >= 0.6 is 11.8 Å². The van der Waals surface area contributed by atoms with Gasteiger partial charge in [0.15, 0.2) is 9.84 Å². The van der Waals surface area contributed by atoms with E-state index in [1.165, 1.54) is 12.3 Å². The fraction of sp³-hybridized carbons (Fsp3) is 0.462. The normalized spacial score (nSPS) is 19.5. The summed E-state index contributed by atoms with van der Waals surface area (Å²) in [5.74, 6) is 0.169. The zero-order chi connectivity index (χ0) is 15.8. The lowest BCUT2D eigenvalue weighted by atomic mass is 10.1. The Balaban J connectivity index is 2.51. The van der Waals surface area contributed by atoms with Crippen LogP contribution in [0.2, 0.25) is 0 Å². The van der Waals surface area contributed by atoms with E-state index in [-0.39, 0.29) is 11.3 Å². The molecule has 0 aromatic heterocycles. The number of sulfone groups is 1. The molecule has 1 aliphatic heterocycles. The van der Waals surface area contributed by atoms with Gasteiger partial charge in [-0.3, -0.25) is 0 Å². The lowest BCUT2D eigenvalue weighted by molar-refractivity contribution is 0.0698. The zero-order valence-corrected chi connectivity index (χ0v) is 13.5. The van der Waals surface area contributed by atoms with Crippen molar-refractivity contribution in [1.82, 2.24) is 0 Å². The van der Waals surface area contributed by atoms with Crippen LogP contribution in [0.1, 0.15) is 15.9 Å². The molecule has 1 aromatic rings. The molecule has 1 unspecified atom stereocenters. The number of hydrogen-bond acceptors (Lipinski definition) is 6. The average molecular weight is 330 g/mol. The number of carbonyl (C=O) groups is 1. The Morgan fingerprint density at radius 2 is 2.14 bits per heavy atom. The van der Waals surface area contributed by atoms with Crippen LogP contribution in [-0.4, -0.2) is 49.2 Å². The molecule has 0 spiro atoms. The molecule has 8 heteroatoms. The van der Waals surface area contributed by atoms with Crippen LogP contribution in [0.3, 0.4) is 0 Å². The van der Waals surface area contributed by atoms with Gasteiger partial charge in [0.2, 0.25) is 0 Å². The summed E-state index contributed by atoms with van der Waals surface area (Å²) < 4.78 is 23.9. The van der Waals surface area contributed by atoms with Gasteiger partial charge in [0.05, 0.1) is 5.56 Å². The van der Waals surface area contributed by atoms with Crippen molar-refractivity contribution in [1.29, 1.82) is 0 Å². The number of nitrogens with two attached hydrogens (primary N) is 1. The van der Waals surface area contributed by atoms with Crippen LogP contribution in [-0.2, 0) is 9.84 Å². The minimum Gasteiger partial charge on any atom is -0.478 e. The Bertz CT molecular complexity index is 673. The number of carboxylic acids is 1. The molecule has 1 aliphatic rings. The molecule has 3 N–H and O–H groups in total. The molecule has 1 aromatic carbocycles. The second kappa shape index (κ2) is 5.76. The summed E-state index contributed by atoms with van der Waals surface area (Å²) in [6.07, 6.45) is 1.21. The highest BCUT2D eigenvalue weighted by atomic mass is 32.2. The molecule has 1 fully saturated rings. The Kier molecular flexibility index (Phi) is 4.38. The summed E-state index contributed by atoms with van der Waals surface area (Å²) in [5, 5.41) is 8.58.